The number of nitrogens with one attached hydrogen (secondary N) is 1. The van der Waals surface area contributed by atoms with Gasteiger partial charge < -0.3 is 28.6 Å². The van der Waals surface area contributed by atoms with Crippen LogP contribution in [0.4, 0.5) is 4.39 Å². The lowest BCUT2D eigenvalue weighted by Crippen LogP contribution is -2.42. The molecule has 0 aliphatic rings. The molecule has 4 aromatic rings. The van der Waals surface area contributed by atoms with E-state index in [9.17, 15) is 23.7 Å². The van der Waals surface area contributed by atoms with Crippen LogP contribution in [0, 0.1) is 11.7 Å². The van der Waals surface area contributed by atoms with Crippen molar-refractivity contribution in [2.24, 2.45) is 5.92 Å². The van der Waals surface area contributed by atoms with Gasteiger partial charge in [0.25, 0.3) is 5.91 Å². The fourth-order valence-corrected chi connectivity index (χ4v) is 7.12. The first-order chi connectivity index (χ1) is 22.8. The van der Waals surface area contributed by atoms with Crippen molar-refractivity contribution in [3.8, 4) is 23.0 Å². The molecule has 0 bridgehead atoms. The van der Waals surface area contributed by atoms with Crippen LogP contribution >= 0.6 is 22.7 Å². The van der Waals surface area contributed by atoms with Gasteiger partial charge in [0.05, 0.1) is 43.6 Å². The molecule has 0 aliphatic carbocycles. The maximum Gasteiger partial charge on any atom is 0.303 e. The lowest BCUT2D eigenvalue weighted by atomic mass is 10.0. The Morgan fingerprint density at radius 2 is 1.56 bits per heavy atom. The number of ketones is 2. The van der Waals surface area contributed by atoms with E-state index >= 15 is 4.39 Å². The number of fused-ring (bicyclic) bond motifs is 2. The zero-order valence-electron chi connectivity index (χ0n) is 26.9. The van der Waals surface area contributed by atoms with Gasteiger partial charge in [0.2, 0.25) is 0 Å². The van der Waals surface area contributed by atoms with Crippen LogP contribution in [0.15, 0.2) is 30.3 Å². The average Bonchev–Trinajstić information content (AvgIpc) is 3.68. The van der Waals surface area contributed by atoms with Crippen LogP contribution in [-0.2, 0) is 21.1 Å². The lowest BCUT2D eigenvalue weighted by molar-refractivity contribution is -0.137. The molecule has 2 aromatic carbocycles. The summed E-state index contributed by atoms with van der Waals surface area (Å²) in [7, 11) is 5.95. The van der Waals surface area contributed by atoms with Crippen molar-refractivity contribution < 1.29 is 52.2 Å². The molecule has 2 heterocycles. The maximum absolute atomic E-state index is 15.7. The van der Waals surface area contributed by atoms with Gasteiger partial charge in [-0.05, 0) is 23.6 Å². The number of carbonyl (C=O) groups is 4. The SMILES string of the molecule is COc1cc2sc(C(=O)CCC(=O)O)cc2cc1OCCCOc1c(OC)cc2sc(C(=O)CC(C)C(=O)N[S+]([O-])N(C)C)cc2c1F. The van der Waals surface area contributed by atoms with Crippen molar-refractivity contribution in [2.75, 3.05) is 41.5 Å². The number of rotatable bonds is 18. The van der Waals surface area contributed by atoms with E-state index in [4.69, 9.17) is 24.1 Å². The van der Waals surface area contributed by atoms with Crippen LogP contribution in [0.3, 0.4) is 0 Å². The second-order valence-electron chi connectivity index (χ2n) is 10.8. The highest BCUT2D eigenvalue weighted by molar-refractivity contribution is 7.87. The molecule has 258 valence electrons. The molecule has 0 radical (unpaired) electrons. The summed E-state index contributed by atoms with van der Waals surface area (Å²) in [5, 5.41) is 9.79. The first-order valence-electron chi connectivity index (χ1n) is 14.7. The Balaban J connectivity index is 1.38. The number of Topliss-reactive ketones (excluding diaryl/α,β-unsaturated/α-hetero) is 2. The van der Waals surface area contributed by atoms with Crippen molar-refractivity contribution in [2.45, 2.75) is 32.6 Å². The number of methoxy groups -OCH3 is 2. The Morgan fingerprint density at radius 3 is 2.23 bits per heavy atom. The summed E-state index contributed by atoms with van der Waals surface area (Å²) in [6.45, 7) is 1.81. The Morgan fingerprint density at radius 1 is 0.917 bits per heavy atom. The molecule has 0 fully saturated rings. The van der Waals surface area contributed by atoms with Crippen LogP contribution in [0.25, 0.3) is 20.2 Å². The minimum atomic E-state index is -1.72. The number of thiophene rings is 2. The van der Waals surface area contributed by atoms with E-state index in [-0.39, 0.29) is 65.8 Å². The van der Waals surface area contributed by atoms with E-state index in [2.05, 4.69) is 4.72 Å². The van der Waals surface area contributed by atoms with Gasteiger partial charge in [-0.1, -0.05) is 6.92 Å². The van der Waals surface area contributed by atoms with Gasteiger partial charge in [0.15, 0.2) is 51.9 Å². The highest BCUT2D eigenvalue weighted by atomic mass is 32.2. The number of hydrogen-bond acceptors (Lipinski definition) is 12. The number of carboxylic acid groups (broad SMARTS) is 1. The van der Waals surface area contributed by atoms with Crippen molar-refractivity contribution in [3.63, 3.8) is 0 Å². The Kier molecular flexibility index (Phi) is 12.6. The summed E-state index contributed by atoms with van der Waals surface area (Å²) in [6, 6.07) is 8.19. The van der Waals surface area contributed by atoms with Gasteiger partial charge in [-0.15, -0.1) is 27.0 Å². The fourth-order valence-electron chi connectivity index (χ4n) is 4.49. The largest absolute Gasteiger partial charge is 0.573 e. The molecule has 1 amide bonds. The number of ether oxygens (including phenoxy) is 4. The summed E-state index contributed by atoms with van der Waals surface area (Å²) >= 11 is 0.603. The van der Waals surface area contributed by atoms with E-state index in [1.165, 1.54) is 35.9 Å². The highest BCUT2D eigenvalue weighted by Gasteiger charge is 2.26. The first-order valence-corrected chi connectivity index (χ1v) is 17.4. The number of benzene rings is 2. The minimum absolute atomic E-state index is 0.0703. The fraction of sp³-hybridized carbons (Fsp3) is 0.375. The van der Waals surface area contributed by atoms with Gasteiger partial charge in [0.1, 0.15) is 0 Å². The molecule has 2 aromatic heterocycles. The monoisotopic (exact) mass is 722 g/mol. The number of carboxylic acids is 1. The number of nitrogens with zero attached hydrogens (tertiary/aromatic N) is 1. The molecule has 0 spiro atoms. The number of carbonyl (C=O) groups excluding carboxylic acids is 3. The molecule has 48 heavy (non-hydrogen) atoms. The average molecular weight is 723 g/mol. The molecular weight excluding hydrogens is 688 g/mol. The van der Waals surface area contributed by atoms with Crippen LogP contribution in [0.1, 0.15) is 52.0 Å². The standard InChI is InChI=1S/C32H35FN2O10S3/c1-17(32(40)34-48(41)35(2)3)11-21(37)28-14-19-26(47-28)16-24(43-5)31(30(19)33)45-10-6-9-44-23-12-18-13-27(20(36)7-8-29(38)39)46-25(18)15-22(23)42-4/h12-17H,6-11H2,1-5H3,(H,34,40)(H,38,39). The molecule has 2 atom stereocenters. The number of hydrogen-bond donors (Lipinski definition) is 2. The van der Waals surface area contributed by atoms with Gasteiger partial charge in [-0.25, -0.2) is 4.39 Å². The van der Waals surface area contributed by atoms with Gasteiger partial charge in [0, 0.05) is 66.2 Å². The Hall–Kier alpha value is -3.96. The van der Waals surface area contributed by atoms with E-state index in [0.29, 0.717) is 27.5 Å². The third-order valence-electron chi connectivity index (χ3n) is 7.07. The molecule has 0 saturated heterocycles. The van der Waals surface area contributed by atoms with Crippen molar-refractivity contribution >= 4 is 77.8 Å². The zero-order chi connectivity index (χ0) is 35.1. The Bertz CT molecular complexity index is 1820. The van der Waals surface area contributed by atoms with E-state index in [1.807, 2.05) is 0 Å². The van der Waals surface area contributed by atoms with Gasteiger partial charge >= 0.3 is 5.97 Å². The van der Waals surface area contributed by atoms with Crippen molar-refractivity contribution in [3.05, 3.63) is 45.9 Å². The summed E-state index contributed by atoms with van der Waals surface area (Å²) in [4.78, 5) is 49.2. The highest BCUT2D eigenvalue weighted by Crippen LogP contribution is 2.41. The third kappa shape index (κ3) is 8.93. The van der Waals surface area contributed by atoms with Gasteiger partial charge in [-0.3, -0.25) is 19.2 Å². The molecule has 16 heteroatoms. The van der Waals surface area contributed by atoms with Crippen molar-refractivity contribution in [1.29, 1.82) is 0 Å². The third-order valence-corrected chi connectivity index (χ3v) is 10.4. The zero-order valence-corrected chi connectivity index (χ0v) is 29.3. The second-order valence-corrected chi connectivity index (χ2v) is 14.4. The van der Waals surface area contributed by atoms with Crippen LogP contribution in [0.2, 0.25) is 0 Å². The summed E-state index contributed by atoms with van der Waals surface area (Å²) < 4.78 is 55.0. The van der Waals surface area contributed by atoms with Crippen LogP contribution < -0.4 is 23.7 Å². The smallest absolute Gasteiger partial charge is 0.303 e. The predicted molar refractivity (Wildman–Crippen MR) is 182 cm³/mol. The number of amides is 1. The van der Waals surface area contributed by atoms with E-state index in [0.717, 1.165) is 21.4 Å². The summed E-state index contributed by atoms with van der Waals surface area (Å²) in [5.41, 5.74) is 0. The van der Waals surface area contributed by atoms with Crippen molar-refractivity contribution in [1.82, 2.24) is 9.03 Å². The molecule has 0 saturated carbocycles. The molecular formula is C32H35FN2O10S3. The normalized spacial score (nSPS) is 12.6. The second kappa shape index (κ2) is 16.4. The molecule has 12 nitrogen and oxygen atoms in total. The molecule has 0 aliphatic heterocycles. The summed E-state index contributed by atoms with van der Waals surface area (Å²) in [6.07, 6.45) is -0.124. The minimum Gasteiger partial charge on any atom is -0.573 e. The number of halogens is 1. The van der Waals surface area contributed by atoms with Crippen LogP contribution in [-0.4, -0.2) is 78.9 Å². The Labute approximate surface area is 287 Å². The maximum atomic E-state index is 15.7. The predicted octanol–water partition coefficient (Wildman–Crippen LogP) is 5.63. The van der Waals surface area contributed by atoms with Gasteiger partial charge in [-0.2, -0.15) is 4.72 Å². The molecule has 4 rings (SSSR count). The van der Waals surface area contributed by atoms with Crippen LogP contribution in [0.5, 0.6) is 23.0 Å². The number of aliphatic carboxylic acids is 1. The first kappa shape index (κ1) is 36.9. The summed E-state index contributed by atoms with van der Waals surface area (Å²) in [5.74, 6) is -2.70. The topological polar surface area (TPSA) is 164 Å². The van der Waals surface area contributed by atoms with E-state index in [1.54, 1.807) is 45.3 Å². The molecule has 2 N–H and O–H groups in total. The van der Waals surface area contributed by atoms with E-state index < -0.39 is 35.2 Å². The molecule has 2 unspecified atom stereocenters. The lowest BCUT2D eigenvalue weighted by Gasteiger charge is -2.16. The quantitative estimate of drug-likeness (QED) is 0.0743.